The van der Waals surface area contributed by atoms with E-state index in [0.29, 0.717) is 21.5 Å². The number of carbonyl (C=O) groups is 2. The van der Waals surface area contributed by atoms with Gasteiger partial charge in [0.05, 0.1) is 11.1 Å². The lowest BCUT2D eigenvalue weighted by atomic mass is 10.2. The third kappa shape index (κ3) is 3.58. The van der Waals surface area contributed by atoms with Crippen molar-refractivity contribution in [3.63, 3.8) is 0 Å². The van der Waals surface area contributed by atoms with E-state index in [0.717, 1.165) is 0 Å². The molecule has 0 aliphatic carbocycles. The van der Waals surface area contributed by atoms with Crippen LogP contribution < -0.4 is 5.32 Å². The van der Waals surface area contributed by atoms with Gasteiger partial charge in [-0.2, -0.15) is 0 Å². The van der Waals surface area contributed by atoms with Crippen LogP contribution in [-0.4, -0.2) is 19.0 Å². The van der Waals surface area contributed by atoms with Crippen LogP contribution in [0.25, 0.3) is 4.48 Å². The molecule has 0 saturated heterocycles. The fraction of sp³-hybridized carbons (Fsp3) is 0.167. The van der Waals surface area contributed by atoms with Gasteiger partial charge in [-0.15, -0.1) is 0 Å². The Kier molecular flexibility index (Phi) is 5.88. The molecular weight excluding hydrogens is 321 g/mol. The standard InChI is InChI=1S/C12H11BrClNO3/c1-2-18-12(17)11(15-7-16)10(13)8-5-3-4-6-9(8)14/h3-7H,2H2,1H3,(H,15,16). The Bertz CT molecular complexity index is 488. The lowest BCUT2D eigenvalue weighted by Gasteiger charge is -2.10. The average molecular weight is 333 g/mol. The van der Waals surface area contributed by atoms with E-state index in [1.165, 1.54) is 0 Å². The molecule has 0 aromatic heterocycles. The molecule has 4 nitrogen and oxygen atoms in total. The number of ether oxygens (including phenoxy) is 1. The number of nitrogens with one attached hydrogen (secondary N) is 1. The zero-order valence-electron chi connectivity index (χ0n) is 9.57. The predicted octanol–water partition coefficient (Wildman–Crippen LogP) is 2.71. The normalized spacial score (nSPS) is 11.5. The quantitative estimate of drug-likeness (QED) is 0.512. The second-order valence-electron chi connectivity index (χ2n) is 3.15. The molecule has 0 aliphatic rings. The Hall–Kier alpha value is -1.33. The number of hydrogen-bond donors (Lipinski definition) is 1. The van der Waals surface area contributed by atoms with Gasteiger partial charge in [0, 0.05) is 10.6 Å². The zero-order valence-corrected chi connectivity index (χ0v) is 11.9. The summed E-state index contributed by atoms with van der Waals surface area (Å²) in [5.74, 6) is -0.628. The first-order valence-electron chi connectivity index (χ1n) is 5.13. The fourth-order valence-electron chi connectivity index (χ4n) is 1.25. The minimum atomic E-state index is -0.628. The van der Waals surface area contributed by atoms with Crippen molar-refractivity contribution < 1.29 is 14.3 Å². The van der Waals surface area contributed by atoms with Crippen molar-refractivity contribution >= 4 is 44.4 Å². The monoisotopic (exact) mass is 331 g/mol. The molecule has 1 rings (SSSR count). The van der Waals surface area contributed by atoms with Crippen LogP contribution in [0.5, 0.6) is 0 Å². The third-order valence-electron chi connectivity index (χ3n) is 2.01. The smallest absolute Gasteiger partial charge is 0.356 e. The molecular formula is C12H11BrClNO3. The fourth-order valence-corrected chi connectivity index (χ4v) is 2.21. The highest BCUT2D eigenvalue weighted by Crippen LogP contribution is 2.30. The van der Waals surface area contributed by atoms with Gasteiger partial charge < -0.3 is 10.1 Å². The van der Waals surface area contributed by atoms with Gasteiger partial charge in [0.15, 0.2) is 0 Å². The first-order chi connectivity index (χ1) is 8.61. The van der Waals surface area contributed by atoms with Crippen LogP contribution in [0.2, 0.25) is 5.02 Å². The maximum atomic E-state index is 11.7. The molecule has 0 heterocycles. The molecule has 1 amide bonds. The van der Waals surface area contributed by atoms with Crippen molar-refractivity contribution in [1.29, 1.82) is 0 Å². The molecule has 0 fully saturated rings. The van der Waals surface area contributed by atoms with E-state index < -0.39 is 5.97 Å². The summed E-state index contributed by atoms with van der Waals surface area (Å²) in [6.45, 7) is 1.89. The second kappa shape index (κ2) is 7.18. The van der Waals surface area contributed by atoms with Gasteiger partial charge in [-0.05, 0) is 28.9 Å². The van der Waals surface area contributed by atoms with Crippen LogP contribution in [0.15, 0.2) is 30.0 Å². The molecule has 0 bridgehead atoms. The lowest BCUT2D eigenvalue weighted by molar-refractivity contribution is -0.139. The summed E-state index contributed by atoms with van der Waals surface area (Å²) in [6, 6.07) is 6.94. The van der Waals surface area contributed by atoms with Crippen molar-refractivity contribution in [2.45, 2.75) is 6.92 Å². The van der Waals surface area contributed by atoms with Crippen molar-refractivity contribution in [3.05, 3.63) is 40.5 Å². The van der Waals surface area contributed by atoms with E-state index >= 15 is 0 Å². The van der Waals surface area contributed by atoms with Crippen LogP contribution in [-0.2, 0) is 14.3 Å². The molecule has 0 unspecified atom stereocenters. The summed E-state index contributed by atoms with van der Waals surface area (Å²) < 4.78 is 5.22. The minimum absolute atomic E-state index is 0.0138. The molecule has 1 aromatic rings. The lowest BCUT2D eigenvalue weighted by Crippen LogP contribution is -2.22. The number of amides is 1. The van der Waals surface area contributed by atoms with Crippen molar-refractivity contribution in [3.8, 4) is 0 Å². The van der Waals surface area contributed by atoms with E-state index in [-0.39, 0.29) is 12.3 Å². The SMILES string of the molecule is CCOC(=O)C(NC=O)=C(Br)c1ccccc1Cl. The van der Waals surface area contributed by atoms with Gasteiger partial charge in [-0.1, -0.05) is 29.8 Å². The van der Waals surface area contributed by atoms with Crippen LogP contribution in [0.1, 0.15) is 12.5 Å². The first-order valence-corrected chi connectivity index (χ1v) is 6.30. The van der Waals surface area contributed by atoms with Gasteiger partial charge in [-0.25, -0.2) is 4.79 Å². The number of benzene rings is 1. The molecule has 1 N–H and O–H groups in total. The van der Waals surface area contributed by atoms with Crippen LogP contribution in [0.3, 0.4) is 0 Å². The van der Waals surface area contributed by atoms with Gasteiger partial charge in [0.25, 0.3) is 0 Å². The van der Waals surface area contributed by atoms with Gasteiger partial charge in [-0.3, -0.25) is 4.79 Å². The minimum Gasteiger partial charge on any atom is -0.461 e. The summed E-state index contributed by atoms with van der Waals surface area (Å²) >= 11 is 9.26. The Morgan fingerprint density at radius 3 is 2.72 bits per heavy atom. The predicted molar refractivity (Wildman–Crippen MR) is 73.1 cm³/mol. The van der Waals surface area contributed by atoms with Gasteiger partial charge >= 0.3 is 5.97 Å². The summed E-state index contributed by atoms with van der Waals surface area (Å²) in [7, 11) is 0. The second-order valence-corrected chi connectivity index (χ2v) is 4.35. The highest BCUT2D eigenvalue weighted by molar-refractivity contribution is 9.15. The molecule has 1 aromatic carbocycles. The molecule has 0 aliphatic heterocycles. The number of esters is 1. The van der Waals surface area contributed by atoms with Crippen LogP contribution in [0.4, 0.5) is 0 Å². The Balaban J connectivity index is 3.23. The van der Waals surface area contributed by atoms with E-state index in [4.69, 9.17) is 16.3 Å². The van der Waals surface area contributed by atoms with Crippen LogP contribution in [0, 0.1) is 0 Å². The van der Waals surface area contributed by atoms with E-state index in [2.05, 4.69) is 21.2 Å². The zero-order chi connectivity index (χ0) is 13.5. The van der Waals surface area contributed by atoms with E-state index in [9.17, 15) is 9.59 Å². The van der Waals surface area contributed by atoms with E-state index in [1.54, 1.807) is 31.2 Å². The number of carbonyl (C=O) groups excluding carboxylic acids is 2. The Labute approximate surface area is 118 Å². The molecule has 96 valence electrons. The van der Waals surface area contributed by atoms with Crippen molar-refractivity contribution in [1.82, 2.24) is 5.32 Å². The van der Waals surface area contributed by atoms with Crippen molar-refractivity contribution in [2.75, 3.05) is 6.61 Å². The first kappa shape index (κ1) is 14.7. The maximum absolute atomic E-state index is 11.7. The van der Waals surface area contributed by atoms with Crippen molar-refractivity contribution in [2.24, 2.45) is 0 Å². The van der Waals surface area contributed by atoms with Gasteiger partial charge in [0.2, 0.25) is 6.41 Å². The maximum Gasteiger partial charge on any atom is 0.356 e. The molecule has 0 spiro atoms. The Morgan fingerprint density at radius 1 is 1.50 bits per heavy atom. The number of hydrogen-bond acceptors (Lipinski definition) is 3. The van der Waals surface area contributed by atoms with Crippen LogP contribution >= 0.6 is 27.5 Å². The highest BCUT2D eigenvalue weighted by Gasteiger charge is 2.17. The molecule has 0 saturated carbocycles. The summed E-state index contributed by atoms with van der Waals surface area (Å²) in [5.41, 5.74) is 0.608. The third-order valence-corrected chi connectivity index (χ3v) is 3.17. The highest BCUT2D eigenvalue weighted by atomic mass is 79.9. The molecule has 6 heteroatoms. The molecule has 0 atom stereocenters. The van der Waals surface area contributed by atoms with E-state index in [1.807, 2.05) is 0 Å². The largest absolute Gasteiger partial charge is 0.461 e. The summed E-state index contributed by atoms with van der Waals surface area (Å²) in [5, 5.41) is 2.77. The Morgan fingerprint density at radius 2 is 2.17 bits per heavy atom. The number of rotatable bonds is 5. The van der Waals surface area contributed by atoms with Gasteiger partial charge in [0.1, 0.15) is 5.70 Å². The average Bonchev–Trinajstić information content (AvgIpc) is 2.36. The topological polar surface area (TPSA) is 55.4 Å². The summed E-state index contributed by atoms with van der Waals surface area (Å²) in [6.07, 6.45) is 0.407. The summed E-state index contributed by atoms with van der Waals surface area (Å²) in [4.78, 5) is 22.2. The molecule has 18 heavy (non-hydrogen) atoms. The molecule has 0 radical (unpaired) electrons. The number of halogens is 2.